The van der Waals surface area contributed by atoms with Crippen LogP contribution in [0.25, 0.3) is 11.0 Å². The molecule has 1 aliphatic heterocycles. The number of methoxy groups -OCH3 is 2. The summed E-state index contributed by atoms with van der Waals surface area (Å²) in [5, 5.41) is 10.7. The minimum absolute atomic E-state index is 0.00219. The fourth-order valence-electron chi connectivity index (χ4n) is 3.77. The van der Waals surface area contributed by atoms with E-state index in [9.17, 15) is 14.7 Å². The molecule has 7 nitrogen and oxygen atoms in total. The normalized spacial score (nSPS) is 15.7. The van der Waals surface area contributed by atoms with Crippen LogP contribution >= 0.6 is 11.6 Å². The van der Waals surface area contributed by atoms with Crippen molar-refractivity contribution in [3.63, 3.8) is 0 Å². The van der Waals surface area contributed by atoms with Crippen LogP contribution in [0.15, 0.2) is 39.5 Å². The zero-order valence-electron chi connectivity index (χ0n) is 16.7. The Morgan fingerprint density at radius 1 is 1.20 bits per heavy atom. The van der Waals surface area contributed by atoms with Gasteiger partial charge in [-0.2, -0.15) is 0 Å². The molecule has 30 heavy (non-hydrogen) atoms. The molecule has 2 aromatic carbocycles. The van der Waals surface area contributed by atoms with Gasteiger partial charge < -0.3 is 23.9 Å². The van der Waals surface area contributed by atoms with Crippen molar-refractivity contribution >= 4 is 28.5 Å². The van der Waals surface area contributed by atoms with Crippen LogP contribution in [-0.2, 0) is 4.74 Å². The van der Waals surface area contributed by atoms with Crippen LogP contribution in [0.2, 0.25) is 5.02 Å². The number of nitrogens with zero attached hydrogens (tertiary/aromatic N) is 1. The zero-order valence-corrected chi connectivity index (χ0v) is 17.4. The summed E-state index contributed by atoms with van der Waals surface area (Å²) in [7, 11) is 2.97. The third kappa shape index (κ3) is 3.11. The van der Waals surface area contributed by atoms with E-state index in [0.717, 1.165) is 5.56 Å². The van der Waals surface area contributed by atoms with Gasteiger partial charge in [-0.3, -0.25) is 9.59 Å². The van der Waals surface area contributed by atoms with Crippen LogP contribution in [0.4, 0.5) is 0 Å². The predicted molar refractivity (Wildman–Crippen MR) is 112 cm³/mol. The third-order valence-electron chi connectivity index (χ3n) is 5.30. The number of fused-ring (bicyclic) bond motifs is 2. The van der Waals surface area contributed by atoms with Crippen molar-refractivity contribution in [1.29, 1.82) is 0 Å². The zero-order chi connectivity index (χ0) is 21.6. The molecule has 0 saturated carbocycles. The average molecular weight is 430 g/mol. The monoisotopic (exact) mass is 429 g/mol. The summed E-state index contributed by atoms with van der Waals surface area (Å²) >= 11 is 6.23. The molecule has 0 fully saturated rings. The fraction of sp³-hybridized carbons (Fsp3) is 0.273. The van der Waals surface area contributed by atoms with Gasteiger partial charge in [-0.25, -0.2) is 0 Å². The summed E-state index contributed by atoms with van der Waals surface area (Å²) in [5.41, 5.74) is 1.57. The summed E-state index contributed by atoms with van der Waals surface area (Å²) in [6, 6.07) is 7.23. The van der Waals surface area contributed by atoms with Gasteiger partial charge in [0.2, 0.25) is 5.76 Å². The van der Waals surface area contributed by atoms with Gasteiger partial charge in [0.25, 0.3) is 5.91 Å². The second-order valence-corrected chi connectivity index (χ2v) is 7.50. The van der Waals surface area contributed by atoms with Crippen molar-refractivity contribution in [2.75, 3.05) is 27.4 Å². The van der Waals surface area contributed by atoms with E-state index in [1.165, 1.54) is 25.2 Å². The molecular formula is C22H20ClNO6. The number of hydrogen-bond acceptors (Lipinski definition) is 6. The molecule has 1 aliphatic rings. The molecule has 1 aromatic heterocycles. The van der Waals surface area contributed by atoms with Crippen molar-refractivity contribution in [2.24, 2.45) is 0 Å². The van der Waals surface area contributed by atoms with Crippen LogP contribution in [0.1, 0.15) is 33.3 Å². The van der Waals surface area contributed by atoms with Gasteiger partial charge in [0.15, 0.2) is 16.9 Å². The number of aryl methyl sites for hydroxylation is 1. The number of halogens is 1. The van der Waals surface area contributed by atoms with Gasteiger partial charge in [0.1, 0.15) is 5.58 Å². The Balaban J connectivity index is 1.99. The van der Waals surface area contributed by atoms with E-state index in [1.807, 2.05) is 0 Å². The average Bonchev–Trinajstić information content (AvgIpc) is 3.00. The highest BCUT2D eigenvalue weighted by atomic mass is 35.5. The molecule has 1 atom stereocenters. The molecule has 1 N–H and O–H groups in total. The van der Waals surface area contributed by atoms with Crippen molar-refractivity contribution in [3.05, 3.63) is 68.0 Å². The summed E-state index contributed by atoms with van der Waals surface area (Å²) in [6.07, 6.45) is 0. The predicted octanol–water partition coefficient (Wildman–Crippen LogP) is 3.66. The van der Waals surface area contributed by atoms with Crippen LogP contribution in [0.3, 0.4) is 0 Å². The Kier molecular flexibility index (Phi) is 5.17. The van der Waals surface area contributed by atoms with Crippen LogP contribution < -0.4 is 10.2 Å². The maximum atomic E-state index is 13.4. The minimum atomic E-state index is -0.710. The van der Waals surface area contributed by atoms with E-state index in [-0.39, 0.29) is 41.4 Å². The molecule has 0 unspecified atom stereocenters. The first-order valence-electron chi connectivity index (χ1n) is 9.31. The number of phenolic OH excluding ortho intramolecular Hbond substituents is 1. The molecule has 8 heteroatoms. The standard InChI is InChI=1S/C22H20ClNO6/c1-11-8-16-13(10-14(11)23)20(26)18-19(12-4-5-15(25)17(9-12)29-3)24(6-7-28-2)22(27)21(18)30-16/h4-5,8-10,19,25H,6-7H2,1-3H3/t19-/m1/s1. The number of carbonyl (C=O) groups is 1. The summed E-state index contributed by atoms with van der Waals surface area (Å²) in [5.74, 6) is -0.195. The van der Waals surface area contributed by atoms with E-state index in [4.69, 9.17) is 25.5 Å². The Morgan fingerprint density at radius 3 is 2.67 bits per heavy atom. The molecule has 3 aromatic rings. The van der Waals surface area contributed by atoms with Crippen LogP contribution in [0, 0.1) is 6.92 Å². The number of benzene rings is 2. The number of rotatable bonds is 5. The van der Waals surface area contributed by atoms with E-state index in [2.05, 4.69) is 0 Å². The Labute approximate surface area is 177 Å². The Bertz CT molecular complexity index is 1220. The highest BCUT2D eigenvalue weighted by molar-refractivity contribution is 6.32. The topological polar surface area (TPSA) is 89.2 Å². The second-order valence-electron chi connectivity index (χ2n) is 7.10. The molecule has 2 heterocycles. The lowest BCUT2D eigenvalue weighted by molar-refractivity contribution is 0.0663. The SMILES string of the molecule is COCCN1C(=O)c2oc3cc(C)c(Cl)cc3c(=O)c2[C@H]1c1ccc(O)c(OC)c1. The summed E-state index contributed by atoms with van der Waals surface area (Å²) in [6.45, 7) is 2.33. The van der Waals surface area contributed by atoms with Crippen molar-refractivity contribution in [1.82, 2.24) is 4.90 Å². The van der Waals surface area contributed by atoms with Gasteiger partial charge in [-0.1, -0.05) is 17.7 Å². The highest BCUT2D eigenvalue weighted by Crippen LogP contribution is 2.40. The van der Waals surface area contributed by atoms with Gasteiger partial charge in [-0.15, -0.1) is 0 Å². The largest absolute Gasteiger partial charge is 0.504 e. The van der Waals surface area contributed by atoms with Crippen molar-refractivity contribution in [2.45, 2.75) is 13.0 Å². The minimum Gasteiger partial charge on any atom is -0.504 e. The van der Waals surface area contributed by atoms with Crippen molar-refractivity contribution < 1.29 is 23.8 Å². The van der Waals surface area contributed by atoms with E-state index >= 15 is 0 Å². The molecule has 1 amide bonds. The maximum absolute atomic E-state index is 13.4. The third-order valence-corrected chi connectivity index (χ3v) is 5.71. The molecule has 0 aliphatic carbocycles. The first kappa shape index (κ1) is 20.3. The van der Waals surface area contributed by atoms with E-state index < -0.39 is 11.9 Å². The number of ether oxygens (including phenoxy) is 2. The van der Waals surface area contributed by atoms with Gasteiger partial charge in [-0.05, 0) is 42.3 Å². The Morgan fingerprint density at radius 2 is 1.97 bits per heavy atom. The second kappa shape index (κ2) is 7.66. The summed E-state index contributed by atoms with van der Waals surface area (Å²) in [4.78, 5) is 28.2. The maximum Gasteiger partial charge on any atom is 0.290 e. The fourth-order valence-corrected chi connectivity index (χ4v) is 3.94. The smallest absolute Gasteiger partial charge is 0.290 e. The van der Waals surface area contributed by atoms with Gasteiger partial charge >= 0.3 is 0 Å². The first-order valence-corrected chi connectivity index (χ1v) is 9.68. The molecule has 0 bridgehead atoms. The molecule has 0 radical (unpaired) electrons. The van der Waals surface area contributed by atoms with E-state index in [0.29, 0.717) is 21.6 Å². The van der Waals surface area contributed by atoms with E-state index in [1.54, 1.807) is 31.2 Å². The summed E-state index contributed by atoms with van der Waals surface area (Å²) < 4.78 is 16.3. The lowest BCUT2D eigenvalue weighted by Crippen LogP contribution is -2.32. The molecule has 0 spiro atoms. The lowest BCUT2D eigenvalue weighted by Gasteiger charge is -2.25. The van der Waals surface area contributed by atoms with Crippen LogP contribution in [-0.4, -0.2) is 43.3 Å². The van der Waals surface area contributed by atoms with Crippen LogP contribution in [0.5, 0.6) is 11.5 Å². The highest BCUT2D eigenvalue weighted by Gasteiger charge is 2.42. The number of carbonyl (C=O) groups excluding carboxylic acids is 1. The number of aromatic hydroxyl groups is 1. The molecule has 0 saturated heterocycles. The number of amides is 1. The molecular weight excluding hydrogens is 410 g/mol. The quantitative estimate of drug-likeness (QED) is 0.665. The number of hydrogen-bond donors (Lipinski definition) is 1. The first-order chi connectivity index (χ1) is 14.4. The number of phenols is 1. The Hall–Kier alpha value is -3.03. The van der Waals surface area contributed by atoms with Crippen molar-refractivity contribution in [3.8, 4) is 11.5 Å². The molecule has 156 valence electrons. The lowest BCUT2D eigenvalue weighted by atomic mass is 9.98. The van der Waals surface area contributed by atoms with Gasteiger partial charge in [0, 0.05) is 18.7 Å². The molecule has 4 rings (SSSR count). The van der Waals surface area contributed by atoms with Gasteiger partial charge in [0.05, 0.1) is 30.7 Å².